The highest BCUT2D eigenvalue weighted by Crippen LogP contribution is 2.34. The number of carbonyl (C=O) groups excluding carboxylic acids is 2. The SMILES string of the molecule is CCOC(=O)CCCNC(=O)CCc1nc2ccccc2c(=O)n1C1CC1. The van der Waals surface area contributed by atoms with E-state index < -0.39 is 0 Å². The number of esters is 1. The van der Waals surface area contributed by atoms with Crippen LogP contribution in [0.5, 0.6) is 0 Å². The Balaban J connectivity index is 1.58. The van der Waals surface area contributed by atoms with Crippen LogP contribution >= 0.6 is 0 Å². The third kappa shape index (κ3) is 4.93. The molecule has 1 aromatic heterocycles. The Morgan fingerprint density at radius 3 is 2.78 bits per heavy atom. The van der Waals surface area contributed by atoms with Gasteiger partial charge in [-0.25, -0.2) is 4.98 Å². The number of carbonyl (C=O) groups is 2. The molecule has 0 unspecified atom stereocenters. The standard InChI is InChI=1S/C20H25N3O4/c1-2-27-19(25)8-5-13-21-18(24)12-11-17-22-16-7-4-3-6-15(16)20(26)23(17)14-9-10-14/h3-4,6-7,14H,2,5,8-13H2,1H3,(H,21,24). The normalized spacial score (nSPS) is 13.5. The number of hydrogen-bond donors (Lipinski definition) is 1. The molecule has 1 amide bonds. The molecule has 1 aliphatic rings. The summed E-state index contributed by atoms with van der Waals surface area (Å²) in [5.41, 5.74) is 0.650. The summed E-state index contributed by atoms with van der Waals surface area (Å²) in [6.07, 6.45) is 3.48. The third-order valence-corrected chi connectivity index (χ3v) is 4.55. The Bertz CT molecular complexity index is 886. The maximum Gasteiger partial charge on any atom is 0.305 e. The summed E-state index contributed by atoms with van der Waals surface area (Å²) in [5, 5.41) is 3.43. The van der Waals surface area contributed by atoms with Crippen molar-refractivity contribution in [3.05, 3.63) is 40.4 Å². The van der Waals surface area contributed by atoms with Gasteiger partial charge in [-0.3, -0.25) is 19.0 Å². The van der Waals surface area contributed by atoms with Crippen LogP contribution in [0.3, 0.4) is 0 Å². The van der Waals surface area contributed by atoms with Gasteiger partial charge in [0.15, 0.2) is 0 Å². The van der Waals surface area contributed by atoms with E-state index in [9.17, 15) is 14.4 Å². The molecule has 0 radical (unpaired) electrons. The minimum atomic E-state index is -0.249. The topological polar surface area (TPSA) is 90.3 Å². The van der Waals surface area contributed by atoms with E-state index in [1.807, 2.05) is 18.2 Å². The lowest BCUT2D eigenvalue weighted by Gasteiger charge is -2.13. The Morgan fingerprint density at radius 2 is 2.04 bits per heavy atom. The lowest BCUT2D eigenvalue weighted by molar-refractivity contribution is -0.143. The molecule has 7 heteroatoms. The van der Waals surface area contributed by atoms with Crippen LogP contribution in [0.25, 0.3) is 10.9 Å². The molecular weight excluding hydrogens is 346 g/mol. The number of amides is 1. The molecule has 0 aliphatic heterocycles. The molecule has 2 aromatic rings. The van der Waals surface area contributed by atoms with Crippen LogP contribution in [0.2, 0.25) is 0 Å². The van der Waals surface area contributed by atoms with Crippen molar-refractivity contribution in [3.63, 3.8) is 0 Å². The fraction of sp³-hybridized carbons (Fsp3) is 0.500. The van der Waals surface area contributed by atoms with Crippen LogP contribution in [0, 0.1) is 0 Å². The number of ether oxygens (including phenoxy) is 1. The molecule has 0 bridgehead atoms. The first kappa shape index (κ1) is 19.1. The molecule has 144 valence electrons. The van der Waals surface area contributed by atoms with Crippen molar-refractivity contribution >= 4 is 22.8 Å². The average Bonchev–Trinajstić information content (AvgIpc) is 3.49. The first-order valence-corrected chi connectivity index (χ1v) is 9.52. The molecule has 7 nitrogen and oxygen atoms in total. The molecule has 1 fully saturated rings. The summed E-state index contributed by atoms with van der Waals surface area (Å²) in [5.74, 6) is 0.312. The van der Waals surface area contributed by atoms with Crippen LogP contribution in [-0.4, -0.2) is 34.6 Å². The van der Waals surface area contributed by atoms with E-state index in [4.69, 9.17) is 4.74 Å². The van der Waals surface area contributed by atoms with Gasteiger partial charge < -0.3 is 10.1 Å². The predicted octanol–water partition coefficient (Wildman–Crippen LogP) is 2.12. The number of benzene rings is 1. The number of aryl methyl sites for hydroxylation is 1. The highest BCUT2D eigenvalue weighted by atomic mass is 16.5. The highest BCUT2D eigenvalue weighted by Gasteiger charge is 2.28. The van der Waals surface area contributed by atoms with Gasteiger partial charge in [0.2, 0.25) is 5.91 Å². The molecule has 1 heterocycles. The fourth-order valence-corrected chi connectivity index (χ4v) is 3.08. The van der Waals surface area contributed by atoms with Crippen LogP contribution in [0.1, 0.15) is 50.9 Å². The van der Waals surface area contributed by atoms with Gasteiger partial charge in [-0.2, -0.15) is 0 Å². The largest absolute Gasteiger partial charge is 0.466 e. The van der Waals surface area contributed by atoms with E-state index in [1.165, 1.54) is 0 Å². The van der Waals surface area contributed by atoms with Crippen LogP contribution in [-0.2, 0) is 20.7 Å². The summed E-state index contributed by atoms with van der Waals surface area (Å²) in [6.45, 7) is 2.56. The predicted molar refractivity (Wildman–Crippen MR) is 101 cm³/mol. The number of para-hydroxylation sites is 1. The summed E-state index contributed by atoms with van der Waals surface area (Å²) < 4.78 is 6.61. The molecular formula is C20H25N3O4. The lowest BCUT2D eigenvalue weighted by atomic mass is 10.2. The zero-order valence-electron chi connectivity index (χ0n) is 15.6. The van der Waals surface area contributed by atoms with Crippen molar-refractivity contribution < 1.29 is 14.3 Å². The second-order valence-corrected chi connectivity index (χ2v) is 6.71. The second kappa shape index (κ2) is 8.79. The molecule has 1 aliphatic carbocycles. The van der Waals surface area contributed by atoms with Crippen LogP contribution in [0.15, 0.2) is 29.1 Å². The summed E-state index contributed by atoms with van der Waals surface area (Å²) in [7, 11) is 0. The molecule has 1 N–H and O–H groups in total. The molecule has 27 heavy (non-hydrogen) atoms. The molecule has 1 saturated carbocycles. The van der Waals surface area contributed by atoms with Crippen molar-refractivity contribution in [2.75, 3.05) is 13.2 Å². The van der Waals surface area contributed by atoms with Gasteiger partial charge in [0, 0.05) is 31.8 Å². The van der Waals surface area contributed by atoms with Crippen molar-refractivity contribution in [2.24, 2.45) is 0 Å². The van der Waals surface area contributed by atoms with Gasteiger partial charge in [0.25, 0.3) is 5.56 Å². The summed E-state index contributed by atoms with van der Waals surface area (Å²) in [4.78, 5) is 40.8. The van der Waals surface area contributed by atoms with Crippen molar-refractivity contribution in [1.29, 1.82) is 0 Å². The zero-order valence-corrected chi connectivity index (χ0v) is 15.6. The van der Waals surface area contributed by atoms with E-state index in [1.54, 1.807) is 17.6 Å². The maximum atomic E-state index is 12.8. The van der Waals surface area contributed by atoms with E-state index in [0.717, 1.165) is 12.8 Å². The van der Waals surface area contributed by atoms with Crippen LogP contribution in [0.4, 0.5) is 0 Å². The number of nitrogens with one attached hydrogen (secondary N) is 1. The molecule has 0 saturated heterocycles. The summed E-state index contributed by atoms with van der Waals surface area (Å²) >= 11 is 0. The quantitative estimate of drug-likeness (QED) is 0.539. The zero-order chi connectivity index (χ0) is 19.2. The van der Waals surface area contributed by atoms with E-state index >= 15 is 0 Å². The van der Waals surface area contributed by atoms with Gasteiger partial charge in [-0.1, -0.05) is 12.1 Å². The second-order valence-electron chi connectivity index (χ2n) is 6.71. The van der Waals surface area contributed by atoms with Gasteiger partial charge in [-0.05, 0) is 38.3 Å². The molecule has 3 rings (SSSR count). The maximum absolute atomic E-state index is 12.8. The lowest BCUT2D eigenvalue weighted by Crippen LogP contribution is -2.28. The first-order chi connectivity index (χ1) is 13.1. The smallest absolute Gasteiger partial charge is 0.305 e. The van der Waals surface area contributed by atoms with Crippen molar-refractivity contribution in [3.8, 4) is 0 Å². The number of nitrogens with zero attached hydrogens (tertiary/aromatic N) is 2. The van der Waals surface area contributed by atoms with E-state index in [0.29, 0.717) is 49.1 Å². The fourth-order valence-electron chi connectivity index (χ4n) is 3.08. The van der Waals surface area contributed by atoms with E-state index in [2.05, 4.69) is 10.3 Å². The number of aromatic nitrogens is 2. The number of hydrogen-bond acceptors (Lipinski definition) is 5. The molecule has 0 atom stereocenters. The number of fused-ring (bicyclic) bond motifs is 1. The van der Waals surface area contributed by atoms with Crippen LogP contribution < -0.4 is 10.9 Å². The Morgan fingerprint density at radius 1 is 1.26 bits per heavy atom. The average molecular weight is 371 g/mol. The van der Waals surface area contributed by atoms with Gasteiger partial charge in [-0.15, -0.1) is 0 Å². The van der Waals surface area contributed by atoms with E-state index in [-0.39, 0.29) is 29.9 Å². The Hall–Kier alpha value is -2.70. The monoisotopic (exact) mass is 371 g/mol. The molecule has 0 spiro atoms. The highest BCUT2D eigenvalue weighted by molar-refractivity contribution is 5.78. The van der Waals surface area contributed by atoms with Gasteiger partial charge in [0.05, 0.1) is 17.5 Å². The first-order valence-electron chi connectivity index (χ1n) is 9.52. The Labute approximate surface area is 157 Å². The van der Waals surface area contributed by atoms with Crippen molar-refractivity contribution in [1.82, 2.24) is 14.9 Å². The Kier molecular flexibility index (Phi) is 6.21. The van der Waals surface area contributed by atoms with Gasteiger partial charge >= 0.3 is 5.97 Å². The number of rotatable bonds is 9. The van der Waals surface area contributed by atoms with Crippen molar-refractivity contribution in [2.45, 2.75) is 51.5 Å². The minimum absolute atomic E-state index is 0.0204. The summed E-state index contributed by atoms with van der Waals surface area (Å²) in [6, 6.07) is 7.52. The third-order valence-electron chi connectivity index (χ3n) is 4.55. The van der Waals surface area contributed by atoms with Gasteiger partial charge in [0.1, 0.15) is 5.82 Å². The molecule has 1 aromatic carbocycles. The minimum Gasteiger partial charge on any atom is -0.466 e.